The Morgan fingerprint density at radius 1 is 1.19 bits per heavy atom. The summed E-state index contributed by atoms with van der Waals surface area (Å²) in [6, 6.07) is 16.4. The Morgan fingerprint density at radius 2 is 2.00 bits per heavy atom. The topological polar surface area (TPSA) is 32.7 Å². The van der Waals surface area contributed by atoms with Crippen LogP contribution in [-0.4, -0.2) is 30.2 Å². The molecule has 0 aliphatic heterocycles. The SMILES string of the molecule is COc1cccc(CN(C)C2Cc3ccccc3C2O)c1. The fourth-order valence-corrected chi connectivity index (χ4v) is 3.13. The maximum atomic E-state index is 10.5. The average Bonchev–Trinajstić information content (AvgIpc) is 2.85. The third-order valence-corrected chi connectivity index (χ3v) is 4.30. The molecule has 0 aromatic heterocycles. The number of hydrogen-bond donors (Lipinski definition) is 1. The molecule has 3 rings (SSSR count). The Morgan fingerprint density at radius 3 is 2.76 bits per heavy atom. The number of ether oxygens (including phenoxy) is 1. The first-order valence-electron chi connectivity index (χ1n) is 7.28. The molecule has 1 N–H and O–H groups in total. The minimum Gasteiger partial charge on any atom is -0.497 e. The zero-order valence-corrected chi connectivity index (χ0v) is 12.5. The normalized spacial score (nSPS) is 20.6. The lowest BCUT2D eigenvalue weighted by atomic mass is 10.1. The van der Waals surface area contributed by atoms with E-state index in [4.69, 9.17) is 4.74 Å². The van der Waals surface area contributed by atoms with Crippen molar-refractivity contribution in [3.05, 3.63) is 65.2 Å². The summed E-state index contributed by atoms with van der Waals surface area (Å²) in [5.41, 5.74) is 3.52. The smallest absolute Gasteiger partial charge is 0.119 e. The van der Waals surface area contributed by atoms with Crippen LogP contribution in [0.3, 0.4) is 0 Å². The quantitative estimate of drug-likeness (QED) is 0.936. The molecule has 2 atom stereocenters. The largest absolute Gasteiger partial charge is 0.497 e. The van der Waals surface area contributed by atoms with Crippen LogP contribution in [0, 0.1) is 0 Å². The highest BCUT2D eigenvalue weighted by molar-refractivity contribution is 5.36. The molecule has 1 aliphatic rings. The molecule has 1 aliphatic carbocycles. The second kappa shape index (κ2) is 5.88. The van der Waals surface area contributed by atoms with Crippen molar-refractivity contribution >= 4 is 0 Å². The van der Waals surface area contributed by atoms with Crippen molar-refractivity contribution in [3.63, 3.8) is 0 Å². The van der Waals surface area contributed by atoms with Gasteiger partial charge in [0.15, 0.2) is 0 Å². The molecule has 0 saturated heterocycles. The summed E-state index contributed by atoms with van der Waals surface area (Å²) in [4.78, 5) is 2.22. The number of aliphatic hydroxyl groups excluding tert-OH is 1. The van der Waals surface area contributed by atoms with E-state index < -0.39 is 6.10 Å². The summed E-state index contributed by atoms with van der Waals surface area (Å²) in [5.74, 6) is 0.871. The second-order valence-corrected chi connectivity index (χ2v) is 5.68. The molecule has 2 aromatic rings. The fourth-order valence-electron chi connectivity index (χ4n) is 3.13. The van der Waals surface area contributed by atoms with Crippen LogP contribution in [0.25, 0.3) is 0 Å². The number of benzene rings is 2. The van der Waals surface area contributed by atoms with Crippen LogP contribution in [0.5, 0.6) is 5.75 Å². The van der Waals surface area contributed by atoms with Crippen LogP contribution >= 0.6 is 0 Å². The predicted octanol–water partition coefficient (Wildman–Crippen LogP) is 2.79. The van der Waals surface area contributed by atoms with Crippen molar-refractivity contribution in [1.82, 2.24) is 4.90 Å². The van der Waals surface area contributed by atoms with Gasteiger partial charge in [0.05, 0.1) is 13.2 Å². The van der Waals surface area contributed by atoms with E-state index in [9.17, 15) is 5.11 Å². The van der Waals surface area contributed by atoms with E-state index in [1.165, 1.54) is 11.1 Å². The Kier molecular flexibility index (Phi) is 3.95. The maximum Gasteiger partial charge on any atom is 0.119 e. The number of aliphatic hydroxyl groups is 1. The van der Waals surface area contributed by atoms with Gasteiger partial charge < -0.3 is 9.84 Å². The van der Waals surface area contributed by atoms with Gasteiger partial charge in [-0.2, -0.15) is 0 Å². The molecule has 0 saturated carbocycles. The van der Waals surface area contributed by atoms with Crippen LogP contribution < -0.4 is 4.74 Å². The van der Waals surface area contributed by atoms with Gasteiger partial charge in [-0.15, -0.1) is 0 Å². The minimum atomic E-state index is -0.406. The third kappa shape index (κ3) is 2.80. The maximum absolute atomic E-state index is 10.5. The van der Waals surface area contributed by atoms with Crippen molar-refractivity contribution < 1.29 is 9.84 Å². The molecule has 0 radical (unpaired) electrons. The Hall–Kier alpha value is -1.84. The van der Waals surface area contributed by atoms with E-state index in [0.29, 0.717) is 0 Å². The molecule has 0 amide bonds. The van der Waals surface area contributed by atoms with Crippen molar-refractivity contribution in [3.8, 4) is 5.75 Å². The van der Waals surface area contributed by atoms with Crippen LogP contribution in [0.2, 0.25) is 0 Å². The Bertz CT molecular complexity index is 626. The van der Waals surface area contributed by atoms with Crippen LogP contribution in [0.1, 0.15) is 22.8 Å². The summed E-state index contributed by atoms with van der Waals surface area (Å²) >= 11 is 0. The van der Waals surface area contributed by atoms with Crippen molar-refractivity contribution in [2.24, 2.45) is 0 Å². The second-order valence-electron chi connectivity index (χ2n) is 5.68. The first-order valence-corrected chi connectivity index (χ1v) is 7.28. The highest BCUT2D eigenvalue weighted by Crippen LogP contribution is 2.34. The van der Waals surface area contributed by atoms with Crippen LogP contribution in [0.4, 0.5) is 0 Å². The lowest BCUT2D eigenvalue weighted by molar-refractivity contribution is 0.0721. The highest BCUT2D eigenvalue weighted by Gasteiger charge is 2.33. The molecule has 0 bridgehead atoms. The average molecular weight is 283 g/mol. The summed E-state index contributed by atoms with van der Waals surface area (Å²) in [5, 5.41) is 10.5. The van der Waals surface area contributed by atoms with Gasteiger partial charge >= 0.3 is 0 Å². The van der Waals surface area contributed by atoms with Gasteiger partial charge in [0, 0.05) is 12.6 Å². The van der Waals surface area contributed by atoms with Gasteiger partial charge in [-0.25, -0.2) is 0 Å². The lowest BCUT2D eigenvalue weighted by Crippen LogP contribution is -2.34. The predicted molar refractivity (Wildman–Crippen MR) is 83.4 cm³/mol. The highest BCUT2D eigenvalue weighted by atomic mass is 16.5. The van der Waals surface area contributed by atoms with E-state index in [2.05, 4.69) is 24.1 Å². The molecule has 3 nitrogen and oxygen atoms in total. The van der Waals surface area contributed by atoms with Crippen molar-refractivity contribution in [2.75, 3.05) is 14.2 Å². The van der Waals surface area contributed by atoms with E-state index in [1.807, 2.05) is 36.4 Å². The molecule has 2 unspecified atom stereocenters. The Balaban J connectivity index is 1.73. The fraction of sp³-hybridized carbons (Fsp3) is 0.333. The van der Waals surface area contributed by atoms with Gasteiger partial charge in [-0.3, -0.25) is 4.90 Å². The third-order valence-electron chi connectivity index (χ3n) is 4.30. The number of methoxy groups -OCH3 is 1. The monoisotopic (exact) mass is 283 g/mol. The van der Waals surface area contributed by atoms with E-state index in [1.54, 1.807) is 7.11 Å². The first kappa shape index (κ1) is 14.1. The van der Waals surface area contributed by atoms with Crippen molar-refractivity contribution in [1.29, 1.82) is 0 Å². The molecule has 21 heavy (non-hydrogen) atoms. The van der Waals surface area contributed by atoms with E-state index in [0.717, 1.165) is 24.3 Å². The molecule has 3 heteroatoms. The summed E-state index contributed by atoms with van der Waals surface area (Å²) in [6.07, 6.45) is 0.495. The van der Waals surface area contributed by atoms with E-state index >= 15 is 0 Å². The summed E-state index contributed by atoms with van der Waals surface area (Å²) in [7, 11) is 3.75. The molecule has 110 valence electrons. The molecule has 0 heterocycles. The molecular formula is C18H21NO2. The van der Waals surface area contributed by atoms with Crippen LogP contribution in [-0.2, 0) is 13.0 Å². The van der Waals surface area contributed by atoms with Gasteiger partial charge in [0.1, 0.15) is 5.75 Å². The molecule has 2 aromatic carbocycles. The van der Waals surface area contributed by atoms with Gasteiger partial charge in [-0.1, -0.05) is 36.4 Å². The molecule has 0 fully saturated rings. The summed E-state index contributed by atoms with van der Waals surface area (Å²) < 4.78 is 5.27. The summed E-state index contributed by atoms with van der Waals surface area (Å²) in [6.45, 7) is 0.799. The first-order chi connectivity index (χ1) is 10.2. The Labute approximate surface area is 125 Å². The number of likely N-dealkylation sites (N-methyl/N-ethyl adjacent to an activating group) is 1. The van der Waals surface area contributed by atoms with E-state index in [-0.39, 0.29) is 6.04 Å². The van der Waals surface area contributed by atoms with Gasteiger partial charge in [-0.05, 0) is 42.3 Å². The van der Waals surface area contributed by atoms with Crippen molar-refractivity contribution in [2.45, 2.75) is 25.1 Å². The number of nitrogens with zero attached hydrogens (tertiary/aromatic N) is 1. The zero-order valence-electron chi connectivity index (χ0n) is 12.5. The standard InChI is InChI=1S/C18H21NO2/c1-19(12-13-6-5-8-15(10-13)21-2)17-11-14-7-3-4-9-16(14)18(17)20/h3-10,17-18,20H,11-12H2,1-2H3. The van der Waals surface area contributed by atoms with Gasteiger partial charge in [0.25, 0.3) is 0 Å². The number of fused-ring (bicyclic) bond motifs is 1. The number of rotatable bonds is 4. The number of hydrogen-bond acceptors (Lipinski definition) is 3. The van der Waals surface area contributed by atoms with Crippen LogP contribution in [0.15, 0.2) is 48.5 Å². The molecule has 0 spiro atoms. The lowest BCUT2D eigenvalue weighted by Gasteiger charge is -2.27. The zero-order chi connectivity index (χ0) is 14.8. The van der Waals surface area contributed by atoms with Gasteiger partial charge in [0.2, 0.25) is 0 Å². The molecular weight excluding hydrogens is 262 g/mol. The minimum absolute atomic E-state index is 0.133.